The maximum atomic E-state index is 14.1. The summed E-state index contributed by atoms with van der Waals surface area (Å²) in [6.07, 6.45) is 0.664. The second-order valence-corrected chi connectivity index (χ2v) is 8.82. The molecule has 2 unspecified atom stereocenters. The van der Waals surface area contributed by atoms with Crippen molar-refractivity contribution in [2.75, 3.05) is 25.1 Å². The van der Waals surface area contributed by atoms with Gasteiger partial charge in [-0.15, -0.1) is 11.3 Å². The fraction of sp³-hybridized carbons (Fsp3) is 0.667. The van der Waals surface area contributed by atoms with E-state index >= 15 is 0 Å². The van der Waals surface area contributed by atoms with E-state index in [1.165, 1.54) is 7.11 Å². The second-order valence-electron chi connectivity index (χ2n) is 6.48. The van der Waals surface area contributed by atoms with Crippen LogP contribution in [-0.2, 0) is 11.2 Å². The number of esters is 1. The number of fused-ring (bicyclic) bond motifs is 1. The summed E-state index contributed by atoms with van der Waals surface area (Å²) in [7, 11) is 1.29. The zero-order valence-electron chi connectivity index (χ0n) is 12.9. The number of carbonyl (C=O) groups is 1. The first-order valence-corrected chi connectivity index (χ1v) is 9.12. The Bertz CT molecular complexity index is 637. The number of thiophene rings is 1. The maximum absolute atomic E-state index is 14.1. The Morgan fingerprint density at radius 2 is 2.26 bits per heavy atom. The van der Waals surface area contributed by atoms with Crippen molar-refractivity contribution in [3.63, 3.8) is 0 Å². The molecule has 128 valence electrons. The van der Waals surface area contributed by atoms with Crippen molar-refractivity contribution in [3.8, 4) is 0 Å². The number of hydrogen-bond acceptors (Lipinski definition) is 5. The molecule has 2 aliphatic rings. The average molecular weight is 409 g/mol. The maximum Gasteiger partial charge on any atom is 0.350 e. The molecule has 1 aromatic rings. The second kappa shape index (κ2) is 5.97. The monoisotopic (exact) mass is 408 g/mol. The molecular formula is C15H19BrF2N2O2S. The number of carbonyl (C=O) groups excluding carboxylic acids is 1. The summed E-state index contributed by atoms with van der Waals surface area (Å²) < 4.78 is 33.6. The molecule has 1 saturated carbocycles. The van der Waals surface area contributed by atoms with Gasteiger partial charge in [-0.05, 0) is 34.2 Å². The lowest BCUT2D eigenvalue weighted by atomic mass is 10.00. The van der Waals surface area contributed by atoms with E-state index in [1.54, 1.807) is 4.90 Å². The van der Waals surface area contributed by atoms with E-state index in [9.17, 15) is 13.6 Å². The van der Waals surface area contributed by atoms with E-state index in [-0.39, 0.29) is 12.5 Å². The summed E-state index contributed by atoms with van der Waals surface area (Å²) in [5.41, 5.74) is 7.23. The fourth-order valence-corrected chi connectivity index (χ4v) is 5.11. The lowest BCUT2D eigenvalue weighted by Crippen LogP contribution is -2.48. The summed E-state index contributed by atoms with van der Waals surface area (Å²) in [5.74, 6) is -2.42. The Balaban J connectivity index is 1.95. The van der Waals surface area contributed by atoms with E-state index < -0.39 is 18.4 Å². The minimum absolute atomic E-state index is 0.170. The van der Waals surface area contributed by atoms with Crippen LogP contribution in [0.25, 0.3) is 0 Å². The number of hydrogen-bond donors (Lipinski definition) is 1. The van der Waals surface area contributed by atoms with Gasteiger partial charge in [-0.25, -0.2) is 13.6 Å². The number of alkyl halides is 2. The van der Waals surface area contributed by atoms with Crippen LogP contribution in [0.5, 0.6) is 0 Å². The van der Waals surface area contributed by atoms with Crippen molar-refractivity contribution in [1.29, 1.82) is 0 Å². The summed E-state index contributed by atoms with van der Waals surface area (Å²) in [6.45, 7) is 2.02. The Morgan fingerprint density at radius 3 is 2.83 bits per heavy atom. The molecule has 23 heavy (non-hydrogen) atoms. The Morgan fingerprint density at radius 1 is 1.61 bits per heavy atom. The molecule has 1 aliphatic carbocycles. The van der Waals surface area contributed by atoms with Crippen molar-refractivity contribution in [1.82, 2.24) is 0 Å². The highest BCUT2D eigenvalue weighted by Gasteiger charge is 2.45. The topological polar surface area (TPSA) is 55.6 Å². The van der Waals surface area contributed by atoms with Gasteiger partial charge in [0.05, 0.1) is 23.1 Å². The summed E-state index contributed by atoms with van der Waals surface area (Å²) in [6, 6.07) is -0.170. The number of nitrogens with two attached hydrogens (primary N) is 1. The van der Waals surface area contributed by atoms with Crippen LogP contribution in [0, 0.1) is 11.8 Å². The van der Waals surface area contributed by atoms with Crippen LogP contribution in [0.4, 0.5) is 14.5 Å². The lowest BCUT2D eigenvalue weighted by Gasteiger charge is -2.36. The zero-order valence-corrected chi connectivity index (χ0v) is 15.3. The number of anilines is 1. The quantitative estimate of drug-likeness (QED) is 0.776. The van der Waals surface area contributed by atoms with E-state index in [2.05, 4.69) is 22.9 Å². The molecule has 0 bridgehead atoms. The first kappa shape index (κ1) is 17.1. The molecule has 0 radical (unpaired) electrons. The molecule has 0 spiro atoms. The lowest BCUT2D eigenvalue weighted by molar-refractivity contribution is 0.00487. The third-order valence-electron chi connectivity index (χ3n) is 4.63. The number of methoxy groups -OCH3 is 1. The molecule has 4 nitrogen and oxygen atoms in total. The first-order valence-electron chi connectivity index (χ1n) is 7.51. The summed E-state index contributed by atoms with van der Waals surface area (Å²) in [4.78, 5) is 13.9. The first-order chi connectivity index (χ1) is 10.7. The highest BCUT2D eigenvalue weighted by atomic mass is 79.9. The molecule has 3 rings (SSSR count). The van der Waals surface area contributed by atoms with E-state index in [0.717, 1.165) is 17.8 Å². The van der Waals surface area contributed by atoms with Crippen LogP contribution in [-0.4, -0.2) is 38.1 Å². The van der Waals surface area contributed by atoms with Crippen molar-refractivity contribution in [2.45, 2.75) is 31.7 Å². The van der Waals surface area contributed by atoms with Crippen LogP contribution >= 0.6 is 27.3 Å². The molecule has 3 atom stereocenters. The minimum atomic E-state index is -2.83. The van der Waals surface area contributed by atoms with E-state index in [0.29, 0.717) is 38.3 Å². The third-order valence-corrected chi connectivity index (χ3v) is 6.58. The van der Waals surface area contributed by atoms with Gasteiger partial charge in [-0.2, -0.15) is 0 Å². The van der Waals surface area contributed by atoms with E-state index in [4.69, 9.17) is 10.5 Å². The van der Waals surface area contributed by atoms with Crippen LogP contribution < -0.4 is 10.6 Å². The molecule has 2 N–H and O–H groups in total. The molecule has 0 amide bonds. The van der Waals surface area contributed by atoms with Crippen molar-refractivity contribution in [2.24, 2.45) is 17.6 Å². The van der Waals surface area contributed by atoms with Gasteiger partial charge in [0.25, 0.3) is 5.92 Å². The molecule has 0 saturated heterocycles. The van der Waals surface area contributed by atoms with Gasteiger partial charge in [0.15, 0.2) is 0 Å². The fourth-order valence-electron chi connectivity index (χ4n) is 3.31. The molecule has 2 heterocycles. The number of nitrogens with zero attached hydrogens (tertiary/aromatic N) is 1. The van der Waals surface area contributed by atoms with Crippen LogP contribution in [0.2, 0.25) is 0 Å². The van der Waals surface area contributed by atoms with Gasteiger partial charge in [-0.3, -0.25) is 0 Å². The molecule has 8 heteroatoms. The minimum Gasteiger partial charge on any atom is -0.465 e. The normalized spacial score (nSPS) is 26.6. The molecule has 1 fully saturated rings. The molecule has 1 aliphatic heterocycles. The number of halogens is 3. The van der Waals surface area contributed by atoms with Crippen molar-refractivity contribution >= 4 is 38.9 Å². The van der Waals surface area contributed by atoms with Crippen LogP contribution in [0.15, 0.2) is 3.79 Å². The van der Waals surface area contributed by atoms with E-state index in [1.807, 2.05) is 0 Å². The van der Waals surface area contributed by atoms with Crippen molar-refractivity contribution in [3.05, 3.63) is 14.2 Å². The SMILES string of the molecule is COC(=O)c1sc(Br)c2c1N(CC(N)C1C[C@H]1C)CC(F)(F)C2. The van der Waals surface area contributed by atoms with Gasteiger partial charge in [0.2, 0.25) is 0 Å². The standard InChI is InChI=1S/C15H19BrF2N2O2S/c1-7-3-8(7)10(19)5-20-6-15(17,18)4-9-11(20)12(14(21)22-2)23-13(9)16/h7-8,10H,3-6,19H2,1-2H3/t7-,8?,10?/m1/s1. The summed E-state index contributed by atoms with van der Waals surface area (Å²) in [5, 5.41) is 0. The van der Waals surface area contributed by atoms with Gasteiger partial charge in [0.1, 0.15) is 4.88 Å². The van der Waals surface area contributed by atoms with Crippen molar-refractivity contribution < 1.29 is 18.3 Å². The smallest absolute Gasteiger partial charge is 0.350 e. The Hall–Kier alpha value is -0.730. The molecule has 0 aromatic carbocycles. The zero-order chi connectivity index (χ0) is 16.9. The largest absolute Gasteiger partial charge is 0.465 e. The number of rotatable bonds is 4. The highest BCUT2D eigenvalue weighted by Crippen LogP contribution is 2.47. The predicted octanol–water partition coefficient (Wildman–Crippen LogP) is 3.28. The predicted molar refractivity (Wildman–Crippen MR) is 89.5 cm³/mol. The number of ether oxygens (including phenoxy) is 1. The van der Waals surface area contributed by atoms with Gasteiger partial charge in [-0.1, -0.05) is 6.92 Å². The summed E-state index contributed by atoms with van der Waals surface area (Å²) >= 11 is 4.46. The van der Waals surface area contributed by atoms with Gasteiger partial charge >= 0.3 is 5.97 Å². The molecular weight excluding hydrogens is 390 g/mol. The van der Waals surface area contributed by atoms with Gasteiger partial charge in [0, 0.05) is 24.6 Å². The van der Waals surface area contributed by atoms with Crippen LogP contribution in [0.1, 0.15) is 28.6 Å². The average Bonchev–Trinajstić information content (AvgIpc) is 3.11. The Labute approximate surface area is 146 Å². The van der Waals surface area contributed by atoms with Gasteiger partial charge < -0.3 is 15.4 Å². The van der Waals surface area contributed by atoms with Crippen LogP contribution in [0.3, 0.4) is 0 Å². The molecule has 1 aromatic heterocycles. The Kier molecular flexibility index (Phi) is 4.44. The highest BCUT2D eigenvalue weighted by molar-refractivity contribution is 9.11. The third kappa shape index (κ3) is 3.25.